The Morgan fingerprint density at radius 2 is 1.89 bits per heavy atom. The molecule has 0 bridgehead atoms. The summed E-state index contributed by atoms with van der Waals surface area (Å²) in [6.07, 6.45) is 7.40. The predicted octanol–water partition coefficient (Wildman–Crippen LogP) is 2.77. The standard InChI is InChI=1S/C22H26N2O3/c25-19(18-9-22(10-18)13-27-20(26)23-22)24-11-21(12-24)7-17(8-21)16-5-4-14-2-1-3-15(14)6-16/h4-6,17-18H,1-3,7-13H2,(H,23,26)/t18-,22+. The van der Waals surface area contributed by atoms with Crippen molar-refractivity contribution >= 4 is 12.0 Å². The first kappa shape index (κ1) is 16.0. The number of likely N-dealkylation sites (tertiary alicyclic amines) is 1. The summed E-state index contributed by atoms with van der Waals surface area (Å²) < 4.78 is 5.01. The number of nitrogens with one attached hydrogen (secondary N) is 1. The van der Waals surface area contributed by atoms with Gasteiger partial charge in [-0.05, 0) is 67.6 Å². The molecule has 2 saturated heterocycles. The first-order valence-electron chi connectivity index (χ1n) is 10.4. The van der Waals surface area contributed by atoms with Gasteiger partial charge < -0.3 is 15.0 Å². The lowest BCUT2D eigenvalue weighted by molar-refractivity contribution is -0.161. The van der Waals surface area contributed by atoms with Crippen LogP contribution in [0.5, 0.6) is 0 Å². The highest BCUT2D eigenvalue weighted by molar-refractivity contribution is 5.82. The van der Waals surface area contributed by atoms with E-state index in [4.69, 9.17) is 4.74 Å². The van der Waals surface area contributed by atoms with Gasteiger partial charge in [0.2, 0.25) is 5.91 Å². The van der Waals surface area contributed by atoms with Gasteiger partial charge in [0.15, 0.2) is 0 Å². The van der Waals surface area contributed by atoms with Crippen LogP contribution in [0.4, 0.5) is 4.79 Å². The number of cyclic esters (lactones) is 1. The van der Waals surface area contributed by atoms with E-state index in [1.807, 2.05) is 4.90 Å². The molecular formula is C22H26N2O3. The molecule has 6 rings (SSSR count). The van der Waals surface area contributed by atoms with Gasteiger partial charge in [-0.25, -0.2) is 4.79 Å². The minimum Gasteiger partial charge on any atom is -0.447 e. The lowest BCUT2D eigenvalue weighted by Crippen LogP contribution is -2.66. The van der Waals surface area contributed by atoms with Gasteiger partial charge in [0.05, 0.1) is 5.54 Å². The fourth-order valence-corrected chi connectivity index (χ4v) is 6.27. The minimum absolute atomic E-state index is 0.0666. The molecule has 0 unspecified atom stereocenters. The lowest BCUT2D eigenvalue weighted by atomic mass is 9.55. The molecule has 5 nitrogen and oxygen atoms in total. The summed E-state index contributed by atoms with van der Waals surface area (Å²) in [4.78, 5) is 26.0. The maximum atomic E-state index is 12.7. The quantitative estimate of drug-likeness (QED) is 0.876. The number of fused-ring (bicyclic) bond motifs is 1. The highest BCUT2D eigenvalue weighted by Crippen LogP contribution is 2.57. The molecule has 1 N–H and O–H groups in total. The summed E-state index contributed by atoms with van der Waals surface area (Å²) in [7, 11) is 0. The van der Waals surface area contributed by atoms with Gasteiger partial charge in [0.1, 0.15) is 6.61 Å². The summed E-state index contributed by atoms with van der Waals surface area (Å²) in [5.41, 5.74) is 4.76. The maximum absolute atomic E-state index is 12.7. The van der Waals surface area contributed by atoms with E-state index in [2.05, 4.69) is 23.5 Å². The van der Waals surface area contributed by atoms with Gasteiger partial charge in [-0.3, -0.25) is 4.79 Å². The summed E-state index contributed by atoms with van der Waals surface area (Å²) >= 11 is 0. The summed E-state index contributed by atoms with van der Waals surface area (Å²) in [5, 5.41) is 2.87. The topological polar surface area (TPSA) is 58.6 Å². The van der Waals surface area contributed by atoms with E-state index in [0.29, 0.717) is 17.9 Å². The zero-order valence-corrected chi connectivity index (χ0v) is 15.6. The Morgan fingerprint density at radius 3 is 2.63 bits per heavy atom. The van der Waals surface area contributed by atoms with Crippen molar-refractivity contribution in [2.45, 2.75) is 56.4 Å². The molecule has 27 heavy (non-hydrogen) atoms. The van der Waals surface area contributed by atoms with Gasteiger partial charge in [-0.15, -0.1) is 0 Å². The minimum atomic E-state index is -0.337. The first-order chi connectivity index (χ1) is 13.0. The Balaban J connectivity index is 1.02. The van der Waals surface area contributed by atoms with E-state index in [9.17, 15) is 9.59 Å². The number of ether oxygens (including phenoxy) is 1. The van der Waals surface area contributed by atoms with E-state index in [1.54, 1.807) is 11.1 Å². The second kappa shape index (κ2) is 5.27. The number of alkyl carbamates (subject to hydrolysis) is 1. The molecule has 0 atom stereocenters. The van der Waals surface area contributed by atoms with Crippen LogP contribution >= 0.6 is 0 Å². The van der Waals surface area contributed by atoms with Crippen LogP contribution in [0.25, 0.3) is 0 Å². The molecule has 1 aromatic rings. The van der Waals surface area contributed by atoms with Crippen molar-refractivity contribution in [3.63, 3.8) is 0 Å². The van der Waals surface area contributed by atoms with Crippen LogP contribution in [0.3, 0.4) is 0 Å². The molecule has 2 amide bonds. The molecule has 2 heterocycles. The number of nitrogens with zero attached hydrogens (tertiary/aromatic N) is 1. The Hall–Kier alpha value is -2.04. The fraction of sp³-hybridized carbons (Fsp3) is 0.636. The first-order valence-corrected chi connectivity index (χ1v) is 10.4. The molecule has 3 aliphatic carbocycles. The van der Waals surface area contributed by atoms with Crippen molar-refractivity contribution < 1.29 is 14.3 Å². The van der Waals surface area contributed by atoms with E-state index < -0.39 is 0 Å². The van der Waals surface area contributed by atoms with Crippen molar-refractivity contribution in [2.75, 3.05) is 19.7 Å². The molecule has 0 radical (unpaired) electrons. The molecule has 2 spiro atoms. The average Bonchev–Trinajstić information content (AvgIpc) is 3.16. The van der Waals surface area contributed by atoms with Gasteiger partial charge in [-0.2, -0.15) is 0 Å². The number of hydrogen-bond donors (Lipinski definition) is 1. The third-order valence-corrected chi connectivity index (χ3v) is 7.79. The number of aryl methyl sites for hydroxylation is 2. The molecule has 142 valence electrons. The number of rotatable bonds is 2. The Morgan fingerprint density at radius 1 is 1.11 bits per heavy atom. The predicted molar refractivity (Wildman–Crippen MR) is 99.4 cm³/mol. The van der Waals surface area contributed by atoms with Gasteiger partial charge in [0, 0.05) is 24.4 Å². The van der Waals surface area contributed by atoms with E-state index >= 15 is 0 Å². The van der Waals surface area contributed by atoms with Crippen LogP contribution in [0, 0.1) is 11.3 Å². The molecule has 2 saturated carbocycles. The second-order valence-electron chi connectivity index (χ2n) is 9.77. The fourth-order valence-electron chi connectivity index (χ4n) is 6.27. The third kappa shape index (κ3) is 2.36. The Kier molecular flexibility index (Phi) is 3.12. The van der Waals surface area contributed by atoms with Crippen LogP contribution in [0.15, 0.2) is 18.2 Å². The molecule has 4 fully saturated rings. The van der Waals surface area contributed by atoms with Crippen molar-refractivity contribution in [3.05, 3.63) is 34.9 Å². The molecule has 2 aliphatic heterocycles. The van der Waals surface area contributed by atoms with Crippen LogP contribution in [0.1, 0.15) is 54.7 Å². The molecule has 5 heteroatoms. The summed E-state index contributed by atoms with van der Waals surface area (Å²) in [6.45, 7) is 2.28. The van der Waals surface area contributed by atoms with Crippen molar-refractivity contribution in [2.24, 2.45) is 11.3 Å². The number of amides is 2. The van der Waals surface area contributed by atoms with Crippen LogP contribution in [-0.4, -0.2) is 42.1 Å². The monoisotopic (exact) mass is 366 g/mol. The zero-order valence-electron chi connectivity index (χ0n) is 15.6. The van der Waals surface area contributed by atoms with Crippen LogP contribution in [-0.2, 0) is 22.4 Å². The smallest absolute Gasteiger partial charge is 0.407 e. The molecule has 1 aromatic carbocycles. The number of hydrogen-bond acceptors (Lipinski definition) is 3. The van der Waals surface area contributed by atoms with Crippen LogP contribution in [0.2, 0.25) is 0 Å². The highest BCUT2D eigenvalue weighted by atomic mass is 16.6. The van der Waals surface area contributed by atoms with Gasteiger partial charge >= 0.3 is 6.09 Å². The van der Waals surface area contributed by atoms with Gasteiger partial charge in [-0.1, -0.05) is 18.2 Å². The van der Waals surface area contributed by atoms with Gasteiger partial charge in [0.25, 0.3) is 0 Å². The zero-order chi connectivity index (χ0) is 18.2. The SMILES string of the molecule is O=C1N[C@]2(CO1)C[C@H](C(=O)N1CC3(CC(c4ccc5c(c4)CCC5)C3)C1)C2. The summed E-state index contributed by atoms with van der Waals surface area (Å²) in [6, 6.07) is 7.14. The van der Waals surface area contributed by atoms with Crippen molar-refractivity contribution in [3.8, 4) is 0 Å². The average molecular weight is 366 g/mol. The lowest BCUT2D eigenvalue weighted by Gasteiger charge is -2.60. The number of carbonyl (C=O) groups is 2. The Labute approximate surface area is 159 Å². The highest BCUT2D eigenvalue weighted by Gasteiger charge is 2.58. The largest absolute Gasteiger partial charge is 0.447 e. The van der Waals surface area contributed by atoms with Crippen molar-refractivity contribution in [1.29, 1.82) is 0 Å². The van der Waals surface area contributed by atoms with E-state index in [0.717, 1.165) is 25.9 Å². The van der Waals surface area contributed by atoms with Crippen molar-refractivity contribution in [1.82, 2.24) is 10.2 Å². The maximum Gasteiger partial charge on any atom is 0.407 e. The molecule has 0 aromatic heterocycles. The number of benzene rings is 1. The molecular weight excluding hydrogens is 340 g/mol. The van der Waals surface area contributed by atoms with E-state index in [-0.39, 0.29) is 23.5 Å². The third-order valence-electron chi connectivity index (χ3n) is 7.79. The normalized spacial score (nSPS) is 27.6. The number of carbonyl (C=O) groups excluding carboxylic acids is 2. The summed E-state index contributed by atoms with van der Waals surface area (Å²) in [5.74, 6) is 1.04. The van der Waals surface area contributed by atoms with Crippen LogP contribution < -0.4 is 5.32 Å². The second-order valence-corrected chi connectivity index (χ2v) is 9.77. The molecule has 5 aliphatic rings. The Bertz CT molecular complexity index is 828. The van der Waals surface area contributed by atoms with E-state index in [1.165, 1.54) is 37.7 Å².